The minimum Gasteiger partial charge on any atom is -0.311 e. The minimum absolute atomic E-state index is 0.729. The Labute approximate surface area is 111 Å². The largest absolute Gasteiger partial charge is 0.311 e. The summed E-state index contributed by atoms with van der Waals surface area (Å²) in [5, 5.41) is 3.78. The van der Waals surface area contributed by atoms with Crippen molar-refractivity contribution in [1.29, 1.82) is 0 Å². The number of hydrogen-bond acceptors (Lipinski definition) is 3. The molecular weight excluding hydrogens is 228 g/mol. The Bertz CT molecular complexity index is 228. The van der Waals surface area contributed by atoms with Crippen molar-refractivity contribution in [1.82, 2.24) is 10.2 Å². The summed E-state index contributed by atoms with van der Waals surface area (Å²) in [7, 11) is 0. The van der Waals surface area contributed by atoms with Gasteiger partial charge in [-0.2, -0.15) is 11.8 Å². The first-order chi connectivity index (χ1) is 8.20. The van der Waals surface area contributed by atoms with Crippen LogP contribution < -0.4 is 5.32 Å². The van der Waals surface area contributed by atoms with Gasteiger partial charge in [-0.1, -0.05) is 13.8 Å². The lowest BCUT2D eigenvalue weighted by Gasteiger charge is -2.41. The van der Waals surface area contributed by atoms with Crippen molar-refractivity contribution in [3.8, 4) is 0 Å². The van der Waals surface area contributed by atoms with E-state index in [1.807, 2.05) is 11.8 Å². The number of nitrogens with zero attached hydrogens (tertiary/aromatic N) is 1. The van der Waals surface area contributed by atoms with E-state index >= 15 is 0 Å². The molecule has 2 atom stereocenters. The highest BCUT2D eigenvalue weighted by Crippen LogP contribution is 2.36. The smallest absolute Gasteiger partial charge is 0.0249 e. The molecule has 1 aliphatic carbocycles. The van der Waals surface area contributed by atoms with E-state index in [1.165, 1.54) is 44.6 Å². The molecule has 1 aliphatic heterocycles. The molecule has 0 spiro atoms. The van der Waals surface area contributed by atoms with Crippen LogP contribution in [0.3, 0.4) is 0 Å². The molecule has 0 amide bonds. The molecule has 1 N–H and O–H groups in total. The van der Waals surface area contributed by atoms with Gasteiger partial charge in [0.15, 0.2) is 0 Å². The van der Waals surface area contributed by atoms with Crippen LogP contribution in [-0.4, -0.2) is 48.6 Å². The zero-order valence-corrected chi connectivity index (χ0v) is 12.4. The summed E-state index contributed by atoms with van der Waals surface area (Å²) in [6.45, 7) is 8.47. The van der Waals surface area contributed by atoms with Crippen LogP contribution in [-0.2, 0) is 0 Å². The van der Waals surface area contributed by atoms with Crippen LogP contribution in [0.25, 0.3) is 0 Å². The summed E-state index contributed by atoms with van der Waals surface area (Å²) in [6, 6.07) is 1.57. The van der Waals surface area contributed by atoms with E-state index in [0.29, 0.717) is 0 Å². The maximum absolute atomic E-state index is 3.78. The van der Waals surface area contributed by atoms with Crippen LogP contribution in [0.5, 0.6) is 0 Å². The second kappa shape index (κ2) is 6.44. The molecule has 0 aromatic rings. The number of nitrogens with one attached hydrogen (secondary N) is 1. The van der Waals surface area contributed by atoms with Gasteiger partial charge in [-0.05, 0) is 37.4 Å². The summed E-state index contributed by atoms with van der Waals surface area (Å²) in [5.74, 6) is 3.11. The van der Waals surface area contributed by atoms with Crippen molar-refractivity contribution < 1.29 is 0 Å². The topological polar surface area (TPSA) is 15.3 Å². The van der Waals surface area contributed by atoms with Gasteiger partial charge >= 0.3 is 0 Å². The third kappa shape index (κ3) is 4.15. The molecule has 2 unspecified atom stereocenters. The zero-order valence-electron chi connectivity index (χ0n) is 11.6. The monoisotopic (exact) mass is 256 g/mol. The van der Waals surface area contributed by atoms with E-state index in [9.17, 15) is 0 Å². The first-order valence-electron chi connectivity index (χ1n) is 7.17. The molecule has 1 saturated heterocycles. The van der Waals surface area contributed by atoms with Gasteiger partial charge in [0.1, 0.15) is 0 Å². The van der Waals surface area contributed by atoms with Crippen LogP contribution in [0.15, 0.2) is 0 Å². The quantitative estimate of drug-likeness (QED) is 0.786. The van der Waals surface area contributed by atoms with Gasteiger partial charge in [0.2, 0.25) is 0 Å². The molecule has 3 heteroatoms. The normalized spacial score (nSPS) is 31.1. The molecule has 1 heterocycles. The number of piperazine rings is 1. The summed E-state index contributed by atoms with van der Waals surface area (Å²) >= 11 is 1.98. The minimum atomic E-state index is 0.729. The van der Waals surface area contributed by atoms with Gasteiger partial charge in [0.05, 0.1) is 0 Å². The fraction of sp³-hybridized carbons (Fsp3) is 1.00. The zero-order chi connectivity index (χ0) is 12.3. The predicted molar refractivity (Wildman–Crippen MR) is 77.7 cm³/mol. The molecule has 17 heavy (non-hydrogen) atoms. The highest BCUT2D eigenvalue weighted by atomic mass is 32.2. The van der Waals surface area contributed by atoms with Crippen LogP contribution in [0.4, 0.5) is 0 Å². The van der Waals surface area contributed by atoms with E-state index in [0.717, 1.165) is 23.9 Å². The Hall–Kier alpha value is 0.270. The molecule has 0 aromatic heterocycles. The molecular formula is C14H28N2S. The third-order valence-corrected chi connectivity index (χ3v) is 4.64. The van der Waals surface area contributed by atoms with Crippen molar-refractivity contribution >= 4 is 11.8 Å². The average Bonchev–Trinajstić information content (AvgIpc) is 3.09. The molecule has 0 bridgehead atoms. The van der Waals surface area contributed by atoms with Crippen molar-refractivity contribution in [3.63, 3.8) is 0 Å². The first kappa shape index (κ1) is 13.7. The Kier molecular flexibility index (Phi) is 5.19. The lowest BCUT2D eigenvalue weighted by molar-refractivity contribution is 0.115. The first-order valence-corrected chi connectivity index (χ1v) is 8.56. The summed E-state index contributed by atoms with van der Waals surface area (Å²) in [4.78, 5) is 2.78. The van der Waals surface area contributed by atoms with Crippen molar-refractivity contribution in [3.05, 3.63) is 0 Å². The fourth-order valence-corrected chi connectivity index (χ4v) is 3.45. The number of thioether (sulfide) groups is 1. The van der Waals surface area contributed by atoms with Gasteiger partial charge in [0, 0.05) is 37.5 Å². The summed E-state index contributed by atoms with van der Waals surface area (Å²) < 4.78 is 0. The van der Waals surface area contributed by atoms with Crippen molar-refractivity contribution in [2.24, 2.45) is 11.8 Å². The number of hydrogen-bond donors (Lipinski definition) is 1. The van der Waals surface area contributed by atoms with Gasteiger partial charge in [-0.15, -0.1) is 0 Å². The Balaban J connectivity index is 1.85. The summed E-state index contributed by atoms with van der Waals surface area (Å²) in [5.41, 5.74) is 0. The SMILES string of the molecule is CSCCN1CC(CC(C)C)NCC1C1CC1. The highest BCUT2D eigenvalue weighted by Gasteiger charge is 2.38. The van der Waals surface area contributed by atoms with E-state index in [2.05, 4.69) is 30.3 Å². The van der Waals surface area contributed by atoms with E-state index < -0.39 is 0 Å². The lowest BCUT2D eigenvalue weighted by Crippen LogP contribution is -2.58. The van der Waals surface area contributed by atoms with Crippen molar-refractivity contribution in [2.45, 2.75) is 45.2 Å². The van der Waals surface area contributed by atoms with Gasteiger partial charge < -0.3 is 5.32 Å². The van der Waals surface area contributed by atoms with Gasteiger partial charge in [-0.3, -0.25) is 4.90 Å². The molecule has 2 nitrogen and oxygen atoms in total. The molecule has 2 fully saturated rings. The third-order valence-electron chi connectivity index (χ3n) is 4.04. The lowest BCUT2D eigenvalue weighted by atomic mass is 9.98. The molecule has 2 aliphatic rings. The van der Waals surface area contributed by atoms with Gasteiger partial charge in [-0.25, -0.2) is 0 Å². The fourth-order valence-electron chi connectivity index (χ4n) is 3.04. The van der Waals surface area contributed by atoms with Crippen LogP contribution in [0, 0.1) is 11.8 Å². The highest BCUT2D eigenvalue weighted by molar-refractivity contribution is 7.98. The van der Waals surface area contributed by atoms with Crippen LogP contribution in [0.2, 0.25) is 0 Å². The maximum Gasteiger partial charge on any atom is 0.0249 e. The second-order valence-corrected chi connectivity index (χ2v) is 7.11. The Morgan fingerprint density at radius 2 is 2.12 bits per heavy atom. The predicted octanol–water partition coefficient (Wildman–Crippen LogP) is 2.45. The summed E-state index contributed by atoms with van der Waals surface area (Å²) in [6.07, 6.45) is 6.49. The standard InChI is InChI=1S/C14H28N2S/c1-11(2)8-13-10-16(6-7-17-3)14(9-15-13)12-4-5-12/h11-15H,4-10H2,1-3H3. The Morgan fingerprint density at radius 3 is 2.71 bits per heavy atom. The van der Waals surface area contributed by atoms with Crippen molar-refractivity contribution in [2.75, 3.05) is 31.6 Å². The molecule has 2 rings (SSSR count). The Morgan fingerprint density at radius 1 is 1.35 bits per heavy atom. The molecule has 0 aromatic carbocycles. The molecule has 1 saturated carbocycles. The van der Waals surface area contributed by atoms with E-state index in [-0.39, 0.29) is 0 Å². The van der Waals surface area contributed by atoms with E-state index in [1.54, 1.807) is 0 Å². The van der Waals surface area contributed by atoms with Gasteiger partial charge in [0.25, 0.3) is 0 Å². The second-order valence-electron chi connectivity index (χ2n) is 6.13. The van der Waals surface area contributed by atoms with Crippen LogP contribution >= 0.6 is 11.8 Å². The molecule has 0 radical (unpaired) electrons. The maximum atomic E-state index is 3.78. The number of rotatable bonds is 6. The average molecular weight is 256 g/mol. The van der Waals surface area contributed by atoms with E-state index in [4.69, 9.17) is 0 Å². The molecule has 100 valence electrons. The van der Waals surface area contributed by atoms with Crippen LogP contribution in [0.1, 0.15) is 33.1 Å².